The predicted octanol–water partition coefficient (Wildman–Crippen LogP) is 7.94. The number of hydrogen-bond acceptors (Lipinski definition) is 0. The minimum atomic E-state index is -0.311. The van der Waals surface area contributed by atoms with Gasteiger partial charge in [-0.15, -0.1) is 0 Å². The molecule has 0 nitrogen and oxygen atoms in total. The molecule has 4 aromatic rings. The van der Waals surface area contributed by atoms with E-state index in [0.29, 0.717) is 0 Å². The van der Waals surface area contributed by atoms with Crippen LogP contribution in [0.2, 0.25) is 0 Å². The molecule has 2 heteroatoms. The zero-order valence-electron chi connectivity index (χ0n) is 15.6. The molecule has 2 atom stereocenters. The first-order valence-electron chi connectivity index (χ1n) is 9.91. The molecule has 0 amide bonds. The third-order valence-corrected chi connectivity index (χ3v) is 9.29. The summed E-state index contributed by atoms with van der Waals surface area (Å²) in [5.74, 6) is 0. The maximum absolute atomic E-state index is 4.04. The quantitative estimate of drug-likeness (QED) is 0.189. The van der Waals surface area contributed by atoms with Crippen LogP contribution in [0.3, 0.4) is 0 Å². The SMILES string of the molecule is BrC1c2ccccc2C2(c3ccccc3-c3ccccc32)c2ccccc2C1Br. The molecule has 0 aromatic heterocycles. The van der Waals surface area contributed by atoms with Crippen molar-refractivity contribution in [2.75, 3.05) is 0 Å². The summed E-state index contributed by atoms with van der Waals surface area (Å²) in [6, 6.07) is 35.7. The Morgan fingerprint density at radius 3 is 1.24 bits per heavy atom. The van der Waals surface area contributed by atoms with E-state index in [-0.39, 0.29) is 15.1 Å². The highest BCUT2D eigenvalue weighted by Crippen LogP contribution is 2.62. The Morgan fingerprint density at radius 1 is 0.448 bits per heavy atom. The fourth-order valence-corrected chi connectivity index (χ4v) is 6.80. The van der Waals surface area contributed by atoms with Crippen LogP contribution in [0.15, 0.2) is 97.1 Å². The van der Waals surface area contributed by atoms with Gasteiger partial charge in [0.05, 0.1) is 15.1 Å². The van der Waals surface area contributed by atoms with Crippen molar-refractivity contribution in [3.8, 4) is 11.1 Å². The summed E-state index contributed by atoms with van der Waals surface area (Å²) < 4.78 is 0. The van der Waals surface area contributed by atoms with Crippen LogP contribution in [0.1, 0.15) is 43.0 Å². The minimum absolute atomic E-state index is 0.194. The van der Waals surface area contributed by atoms with Crippen LogP contribution < -0.4 is 0 Å². The fourth-order valence-electron chi connectivity index (χ4n) is 5.43. The molecule has 0 bridgehead atoms. The van der Waals surface area contributed by atoms with Gasteiger partial charge in [0.25, 0.3) is 0 Å². The lowest BCUT2D eigenvalue weighted by atomic mass is 9.66. The average molecular weight is 502 g/mol. The number of fused-ring (bicyclic) bond motifs is 9. The lowest BCUT2D eigenvalue weighted by molar-refractivity contribution is 0.762. The zero-order valence-corrected chi connectivity index (χ0v) is 18.8. The van der Waals surface area contributed by atoms with Crippen molar-refractivity contribution in [3.63, 3.8) is 0 Å². The molecule has 0 heterocycles. The Balaban J connectivity index is 1.89. The standard InChI is InChI=1S/C27H18Br2/c28-25-19-11-3-7-15-23(19)27(24-16-8-4-12-20(24)26(25)29)21-13-5-1-9-17(21)18-10-2-6-14-22(18)27/h1-16,25-26H. The summed E-state index contributed by atoms with van der Waals surface area (Å²) in [7, 11) is 0. The minimum Gasteiger partial charge on any atom is -0.0823 e. The molecule has 4 aromatic carbocycles. The Morgan fingerprint density at radius 2 is 0.793 bits per heavy atom. The second-order valence-corrected chi connectivity index (χ2v) is 9.79. The van der Waals surface area contributed by atoms with E-state index < -0.39 is 0 Å². The number of benzene rings is 4. The Kier molecular flexibility index (Phi) is 3.91. The van der Waals surface area contributed by atoms with E-state index in [1.165, 1.54) is 44.5 Å². The molecule has 0 aliphatic heterocycles. The highest BCUT2D eigenvalue weighted by atomic mass is 79.9. The Bertz CT molecular complexity index is 1160. The summed E-state index contributed by atoms with van der Waals surface area (Å²) in [4.78, 5) is 0.387. The summed E-state index contributed by atoms with van der Waals surface area (Å²) >= 11 is 8.07. The maximum atomic E-state index is 4.04. The Labute approximate surface area is 187 Å². The second kappa shape index (κ2) is 6.42. The van der Waals surface area contributed by atoms with Gasteiger partial charge in [0, 0.05) is 0 Å². The van der Waals surface area contributed by atoms with Crippen molar-refractivity contribution in [2.24, 2.45) is 0 Å². The number of hydrogen-bond donors (Lipinski definition) is 0. The average Bonchev–Trinajstić information content (AvgIpc) is 3.05. The molecule has 0 N–H and O–H groups in total. The number of alkyl halides is 2. The molecular weight excluding hydrogens is 484 g/mol. The van der Waals surface area contributed by atoms with E-state index in [1.807, 2.05) is 0 Å². The Hall–Kier alpha value is -2.16. The van der Waals surface area contributed by atoms with Gasteiger partial charge in [-0.2, -0.15) is 0 Å². The summed E-state index contributed by atoms with van der Waals surface area (Å²) in [5.41, 5.74) is 10.6. The first-order chi connectivity index (χ1) is 14.2. The summed E-state index contributed by atoms with van der Waals surface area (Å²) in [6.07, 6.45) is 0. The molecule has 6 rings (SSSR count). The van der Waals surface area contributed by atoms with Crippen molar-refractivity contribution in [2.45, 2.75) is 15.1 Å². The van der Waals surface area contributed by atoms with Crippen LogP contribution in [0, 0.1) is 0 Å². The van der Waals surface area contributed by atoms with Gasteiger partial charge in [-0.3, -0.25) is 0 Å². The lowest BCUT2D eigenvalue weighted by Gasteiger charge is -2.35. The van der Waals surface area contributed by atoms with Gasteiger partial charge in [-0.1, -0.05) is 129 Å². The maximum Gasteiger partial charge on any atom is 0.0719 e. The van der Waals surface area contributed by atoms with Gasteiger partial charge in [-0.05, 0) is 44.5 Å². The van der Waals surface area contributed by atoms with Crippen molar-refractivity contribution in [1.29, 1.82) is 0 Å². The summed E-state index contributed by atoms with van der Waals surface area (Å²) in [5, 5.41) is 0. The molecule has 140 valence electrons. The van der Waals surface area contributed by atoms with Crippen LogP contribution in [-0.4, -0.2) is 0 Å². The largest absolute Gasteiger partial charge is 0.0823 e. The van der Waals surface area contributed by atoms with Gasteiger partial charge < -0.3 is 0 Å². The molecule has 2 aliphatic carbocycles. The first kappa shape index (κ1) is 17.7. The third kappa shape index (κ3) is 2.19. The monoisotopic (exact) mass is 500 g/mol. The number of halogens is 2. The van der Waals surface area contributed by atoms with E-state index >= 15 is 0 Å². The van der Waals surface area contributed by atoms with E-state index in [1.54, 1.807) is 0 Å². The van der Waals surface area contributed by atoms with Crippen LogP contribution >= 0.6 is 31.9 Å². The molecule has 2 unspecified atom stereocenters. The van der Waals surface area contributed by atoms with Crippen LogP contribution in [0.5, 0.6) is 0 Å². The zero-order chi connectivity index (χ0) is 19.6. The highest BCUT2D eigenvalue weighted by Gasteiger charge is 2.50. The molecular formula is C27H18Br2. The highest BCUT2D eigenvalue weighted by molar-refractivity contribution is 9.12. The lowest BCUT2D eigenvalue weighted by Crippen LogP contribution is -2.29. The topological polar surface area (TPSA) is 0 Å². The van der Waals surface area contributed by atoms with Crippen LogP contribution in [0.4, 0.5) is 0 Å². The molecule has 0 fully saturated rings. The molecule has 1 spiro atoms. The van der Waals surface area contributed by atoms with Crippen LogP contribution in [0.25, 0.3) is 11.1 Å². The molecule has 0 saturated carbocycles. The summed E-state index contributed by atoms with van der Waals surface area (Å²) in [6.45, 7) is 0. The van der Waals surface area contributed by atoms with Gasteiger partial charge in [0.2, 0.25) is 0 Å². The fraction of sp³-hybridized carbons (Fsp3) is 0.111. The third-order valence-electron chi connectivity index (χ3n) is 6.53. The predicted molar refractivity (Wildman–Crippen MR) is 127 cm³/mol. The molecule has 0 radical (unpaired) electrons. The van der Waals surface area contributed by atoms with Crippen molar-refractivity contribution in [3.05, 3.63) is 130 Å². The number of rotatable bonds is 0. The molecule has 2 aliphatic rings. The van der Waals surface area contributed by atoms with Gasteiger partial charge >= 0.3 is 0 Å². The van der Waals surface area contributed by atoms with E-state index in [2.05, 4.69) is 129 Å². The second-order valence-electron chi connectivity index (χ2n) is 7.82. The first-order valence-corrected chi connectivity index (χ1v) is 11.7. The van der Waals surface area contributed by atoms with Crippen molar-refractivity contribution < 1.29 is 0 Å². The smallest absolute Gasteiger partial charge is 0.0719 e. The van der Waals surface area contributed by atoms with Gasteiger partial charge in [0.15, 0.2) is 0 Å². The van der Waals surface area contributed by atoms with Gasteiger partial charge in [0.1, 0.15) is 0 Å². The molecule has 29 heavy (non-hydrogen) atoms. The van der Waals surface area contributed by atoms with Crippen molar-refractivity contribution in [1.82, 2.24) is 0 Å². The van der Waals surface area contributed by atoms with Crippen LogP contribution in [-0.2, 0) is 5.41 Å². The molecule has 0 saturated heterocycles. The van der Waals surface area contributed by atoms with E-state index in [0.717, 1.165) is 0 Å². The van der Waals surface area contributed by atoms with E-state index in [4.69, 9.17) is 0 Å². The van der Waals surface area contributed by atoms with E-state index in [9.17, 15) is 0 Å². The van der Waals surface area contributed by atoms with Crippen molar-refractivity contribution >= 4 is 31.9 Å². The van der Waals surface area contributed by atoms with Gasteiger partial charge in [-0.25, -0.2) is 0 Å². The normalized spacial score (nSPS) is 20.3.